The quantitative estimate of drug-likeness (QED) is 0.880. The predicted molar refractivity (Wildman–Crippen MR) is 83.1 cm³/mol. The standard InChI is InChI=1S/C15H18N2O2S/c1-12-5-3-8-15(9-12)17(2)20(18,19)11-13-6-4-7-14(16)10-13/h3-10H,11,16H2,1-2H3. The highest BCUT2D eigenvalue weighted by Gasteiger charge is 2.19. The van der Waals surface area contributed by atoms with Gasteiger partial charge in [-0.15, -0.1) is 0 Å². The molecule has 5 heteroatoms. The van der Waals surface area contributed by atoms with Gasteiger partial charge in [-0.25, -0.2) is 8.42 Å². The summed E-state index contributed by atoms with van der Waals surface area (Å²) in [5, 5.41) is 0. The molecule has 4 nitrogen and oxygen atoms in total. The molecule has 2 aromatic carbocycles. The van der Waals surface area contributed by atoms with E-state index in [0.29, 0.717) is 16.9 Å². The summed E-state index contributed by atoms with van der Waals surface area (Å²) < 4.78 is 26.1. The maximum atomic E-state index is 12.4. The number of nitrogens with zero attached hydrogens (tertiary/aromatic N) is 1. The van der Waals surface area contributed by atoms with Crippen LogP contribution in [0.1, 0.15) is 11.1 Å². The molecular formula is C15H18N2O2S. The third kappa shape index (κ3) is 3.30. The third-order valence-corrected chi connectivity index (χ3v) is 4.83. The van der Waals surface area contributed by atoms with Gasteiger partial charge in [-0.3, -0.25) is 4.31 Å². The summed E-state index contributed by atoms with van der Waals surface area (Å²) in [7, 11) is -1.86. The van der Waals surface area contributed by atoms with E-state index in [2.05, 4.69) is 0 Å². The van der Waals surface area contributed by atoms with Crippen molar-refractivity contribution in [2.75, 3.05) is 17.1 Å². The second-order valence-corrected chi connectivity index (χ2v) is 6.81. The van der Waals surface area contributed by atoms with Crippen LogP contribution in [0.25, 0.3) is 0 Å². The summed E-state index contributed by atoms with van der Waals surface area (Å²) in [5.41, 5.74) is 8.61. The van der Waals surface area contributed by atoms with Crippen molar-refractivity contribution in [3.8, 4) is 0 Å². The fourth-order valence-electron chi connectivity index (χ4n) is 1.97. The first kappa shape index (κ1) is 14.4. The van der Waals surface area contributed by atoms with E-state index >= 15 is 0 Å². The number of hydrogen-bond donors (Lipinski definition) is 1. The highest BCUT2D eigenvalue weighted by Crippen LogP contribution is 2.20. The van der Waals surface area contributed by atoms with Crippen molar-refractivity contribution in [1.82, 2.24) is 0 Å². The molecule has 0 radical (unpaired) electrons. The van der Waals surface area contributed by atoms with Crippen molar-refractivity contribution < 1.29 is 8.42 Å². The minimum atomic E-state index is -3.42. The second-order valence-electron chi connectivity index (χ2n) is 4.81. The van der Waals surface area contributed by atoms with Gasteiger partial charge in [-0.2, -0.15) is 0 Å². The van der Waals surface area contributed by atoms with Crippen molar-refractivity contribution in [2.24, 2.45) is 0 Å². The highest BCUT2D eigenvalue weighted by molar-refractivity contribution is 7.92. The SMILES string of the molecule is Cc1cccc(N(C)S(=O)(=O)Cc2cccc(N)c2)c1. The van der Waals surface area contributed by atoms with E-state index in [9.17, 15) is 8.42 Å². The van der Waals surface area contributed by atoms with Gasteiger partial charge in [0.2, 0.25) is 10.0 Å². The van der Waals surface area contributed by atoms with Crippen LogP contribution in [-0.4, -0.2) is 15.5 Å². The summed E-state index contributed by atoms with van der Waals surface area (Å²) in [6, 6.07) is 14.3. The number of benzene rings is 2. The summed E-state index contributed by atoms with van der Waals surface area (Å²) >= 11 is 0. The summed E-state index contributed by atoms with van der Waals surface area (Å²) in [5.74, 6) is -0.0670. The Bertz CT molecular complexity index is 711. The fraction of sp³-hybridized carbons (Fsp3) is 0.200. The fourth-order valence-corrected chi connectivity index (χ4v) is 3.20. The largest absolute Gasteiger partial charge is 0.399 e. The molecule has 0 aliphatic rings. The minimum absolute atomic E-state index is 0.0670. The van der Waals surface area contributed by atoms with Gasteiger partial charge in [0.25, 0.3) is 0 Å². The molecule has 0 aliphatic heterocycles. The average molecular weight is 290 g/mol. The third-order valence-electron chi connectivity index (χ3n) is 3.08. The Hall–Kier alpha value is -2.01. The monoisotopic (exact) mass is 290 g/mol. The molecule has 0 aromatic heterocycles. The lowest BCUT2D eigenvalue weighted by atomic mass is 10.2. The molecule has 2 N–H and O–H groups in total. The van der Waals surface area contributed by atoms with Crippen LogP contribution in [0, 0.1) is 6.92 Å². The molecule has 0 atom stereocenters. The van der Waals surface area contributed by atoms with Gasteiger partial charge in [-0.1, -0.05) is 24.3 Å². The lowest BCUT2D eigenvalue weighted by molar-refractivity contribution is 0.593. The normalized spacial score (nSPS) is 11.3. The maximum Gasteiger partial charge on any atom is 0.239 e. The van der Waals surface area contributed by atoms with Crippen molar-refractivity contribution >= 4 is 21.4 Å². The molecule has 106 valence electrons. The Morgan fingerprint density at radius 1 is 1.10 bits per heavy atom. The first-order valence-corrected chi connectivity index (χ1v) is 7.87. The van der Waals surface area contributed by atoms with Gasteiger partial charge < -0.3 is 5.73 Å². The topological polar surface area (TPSA) is 63.4 Å². The Morgan fingerprint density at radius 3 is 2.45 bits per heavy atom. The van der Waals surface area contributed by atoms with Crippen LogP contribution in [0.3, 0.4) is 0 Å². The first-order chi connectivity index (χ1) is 9.38. The van der Waals surface area contributed by atoms with E-state index < -0.39 is 10.0 Å². The smallest absolute Gasteiger partial charge is 0.239 e. The molecule has 0 bridgehead atoms. The second kappa shape index (κ2) is 5.54. The van der Waals surface area contributed by atoms with Crippen molar-refractivity contribution in [3.63, 3.8) is 0 Å². The molecular weight excluding hydrogens is 272 g/mol. The van der Waals surface area contributed by atoms with Gasteiger partial charge >= 0.3 is 0 Å². The van der Waals surface area contributed by atoms with Crippen LogP contribution >= 0.6 is 0 Å². The van der Waals surface area contributed by atoms with Crippen molar-refractivity contribution in [2.45, 2.75) is 12.7 Å². The van der Waals surface area contributed by atoms with Crippen LogP contribution in [0.4, 0.5) is 11.4 Å². The number of nitrogens with two attached hydrogens (primary N) is 1. The van der Waals surface area contributed by atoms with Gasteiger partial charge in [0.15, 0.2) is 0 Å². The van der Waals surface area contributed by atoms with E-state index in [1.54, 1.807) is 37.4 Å². The molecule has 0 unspecified atom stereocenters. The lowest BCUT2D eigenvalue weighted by Crippen LogP contribution is -2.27. The van der Waals surface area contributed by atoms with Gasteiger partial charge in [0, 0.05) is 12.7 Å². The maximum absolute atomic E-state index is 12.4. The van der Waals surface area contributed by atoms with E-state index in [0.717, 1.165) is 5.56 Å². The molecule has 0 spiro atoms. The van der Waals surface area contributed by atoms with E-state index in [-0.39, 0.29) is 5.75 Å². The Balaban J connectivity index is 2.26. The minimum Gasteiger partial charge on any atom is -0.399 e. The number of nitrogen functional groups attached to an aromatic ring is 1. The highest BCUT2D eigenvalue weighted by atomic mass is 32.2. The van der Waals surface area contributed by atoms with Gasteiger partial charge in [0.1, 0.15) is 0 Å². The summed E-state index contributed by atoms with van der Waals surface area (Å²) in [6.07, 6.45) is 0. The molecule has 0 heterocycles. The van der Waals surface area contributed by atoms with Crippen LogP contribution in [0.15, 0.2) is 48.5 Å². The predicted octanol–water partition coefficient (Wildman–Crippen LogP) is 2.54. The molecule has 0 saturated heterocycles. The lowest BCUT2D eigenvalue weighted by Gasteiger charge is -2.20. The Labute approximate surface area is 119 Å². The van der Waals surface area contributed by atoms with Crippen LogP contribution in [0.2, 0.25) is 0 Å². The number of hydrogen-bond acceptors (Lipinski definition) is 3. The van der Waals surface area contributed by atoms with Crippen molar-refractivity contribution in [1.29, 1.82) is 0 Å². The average Bonchev–Trinajstić information content (AvgIpc) is 2.37. The number of anilines is 2. The summed E-state index contributed by atoms with van der Waals surface area (Å²) in [6.45, 7) is 1.93. The zero-order valence-electron chi connectivity index (χ0n) is 11.6. The zero-order valence-corrected chi connectivity index (χ0v) is 12.4. The molecule has 0 fully saturated rings. The number of aryl methyl sites for hydroxylation is 1. The molecule has 2 rings (SSSR count). The van der Waals surface area contributed by atoms with Gasteiger partial charge in [-0.05, 0) is 42.3 Å². The van der Waals surface area contributed by atoms with E-state index in [1.807, 2.05) is 25.1 Å². The summed E-state index contributed by atoms with van der Waals surface area (Å²) in [4.78, 5) is 0. The molecule has 0 saturated carbocycles. The Morgan fingerprint density at radius 2 is 1.80 bits per heavy atom. The van der Waals surface area contributed by atoms with Crippen LogP contribution < -0.4 is 10.0 Å². The molecule has 2 aromatic rings. The molecule has 20 heavy (non-hydrogen) atoms. The van der Waals surface area contributed by atoms with Gasteiger partial charge in [0.05, 0.1) is 11.4 Å². The van der Waals surface area contributed by atoms with Crippen LogP contribution in [-0.2, 0) is 15.8 Å². The Kier molecular flexibility index (Phi) is 3.99. The zero-order chi connectivity index (χ0) is 14.8. The molecule has 0 amide bonds. The van der Waals surface area contributed by atoms with Crippen molar-refractivity contribution in [3.05, 3.63) is 59.7 Å². The molecule has 0 aliphatic carbocycles. The first-order valence-electron chi connectivity index (χ1n) is 6.26. The van der Waals surface area contributed by atoms with E-state index in [4.69, 9.17) is 5.73 Å². The number of sulfonamides is 1. The van der Waals surface area contributed by atoms with Crippen LogP contribution in [0.5, 0.6) is 0 Å². The van der Waals surface area contributed by atoms with E-state index in [1.165, 1.54) is 4.31 Å². The number of rotatable bonds is 4.